The first-order chi connectivity index (χ1) is 5.08. The number of carboxylic acid groups (broad SMARTS) is 1. The first-order valence-electron chi connectivity index (χ1n) is 3.81. The second kappa shape index (κ2) is 2.79. The van der Waals surface area contributed by atoms with Crippen LogP contribution in [0.4, 0.5) is 0 Å². The molecule has 4 heteroatoms. The lowest BCUT2D eigenvalue weighted by Crippen LogP contribution is -2.45. The molecule has 0 aromatic rings. The zero-order valence-electron chi connectivity index (χ0n) is 6.42. The molecule has 1 aliphatic rings. The molecular formula is C7H14N2O2. The van der Waals surface area contributed by atoms with Crippen molar-refractivity contribution in [2.24, 2.45) is 17.4 Å². The monoisotopic (exact) mass is 158 g/mol. The molecule has 0 heterocycles. The summed E-state index contributed by atoms with van der Waals surface area (Å²) < 4.78 is 0. The molecule has 0 saturated heterocycles. The van der Waals surface area contributed by atoms with E-state index in [-0.39, 0.29) is 0 Å². The second-order valence-corrected chi connectivity index (χ2v) is 3.31. The molecule has 2 atom stereocenters. The molecule has 0 bridgehead atoms. The highest BCUT2D eigenvalue weighted by Gasteiger charge is 2.41. The Kier molecular flexibility index (Phi) is 2.15. The standard InChI is InChI=1S/C7H14N2O2/c8-4-5-1-2-7(9,3-5)6(10)11/h5H,1-4,8-9H2,(H,10,11). The van der Waals surface area contributed by atoms with Crippen LogP contribution < -0.4 is 11.5 Å². The summed E-state index contributed by atoms with van der Waals surface area (Å²) in [5.74, 6) is -0.593. The Balaban J connectivity index is 2.57. The van der Waals surface area contributed by atoms with E-state index in [9.17, 15) is 4.79 Å². The summed E-state index contributed by atoms with van der Waals surface area (Å²) in [6.45, 7) is 0.548. The zero-order valence-corrected chi connectivity index (χ0v) is 6.42. The average Bonchev–Trinajstić information content (AvgIpc) is 2.33. The van der Waals surface area contributed by atoms with Crippen molar-refractivity contribution in [1.82, 2.24) is 0 Å². The maximum absolute atomic E-state index is 10.6. The van der Waals surface area contributed by atoms with Crippen molar-refractivity contribution in [3.05, 3.63) is 0 Å². The van der Waals surface area contributed by atoms with Gasteiger partial charge in [0.1, 0.15) is 5.54 Å². The summed E-state index contributed by atoms with van der Waals surface area (Å²) in [4.78, 5) is 10.6. The van der Waals surface area contributed by atoms with Gasteiger partial charge in [0.25, 0.3) is 0 Å². The molecule has 1 rings (SSSR count). The molecule has 0 aliphatic heterocycles. The molecule has 0 aromatic heterocycles. The van der Waals surface area contributed by atoms with Crippen LogP contribution in [0.5, 0.6) is 0 Å². The van der Waals surface area contributed by atoms with Crippen molar-refractivity contribution in [1.29, 1.82) is 0 Å². The van der Waals surface area contributed by atoms with E-state index in [0.29, 0.717) is 25.3 Å². The summed E-state index contributed by atoms with van der Waals surface area (Å²) in [6, 6.07) is 0. The lowest BCUT2D eigenvalue weighted by molar-refractivity contribution is -0.143. The van der Waals surface area contributed by atoms with Gasteiger partial charge in [0.15, 0.2) is 0 Å². The van der Waals surface area contributed by atoms with E-state index in [2.05, 4.69) is 0 Å². The fourth-order valence-corrected chi connectivity index (χ4v) is 1.58. The van der Waals surface area contributed by atoms with Crippen molar-refractivity contribution in [3.8, 4) is 0 Å². The normalized spacial score (nSPS) is 37.5. The van der Waals surface area contributed by atoms with Gasteiger partial charge in [0.2, 0.25) is 0 Å². The summed E-state index contributed by atoms with van der Waals surface area (Å²) in [5.41, 5.74) is 10.0. The van der Waals surface area contributed by atoms with Crippen LogP contribution in [0, 0.1) is 5.92 Å². The Morgan fingerprint density at radius 2 is 2.36 bits per heavy atom. The van der Waals surface area contributed by atoms with E-state index in [1.165, 1.54) is 0 Å². The molecule has 0 radical (unpaired) electrons. The van der Waals surface area contributed by atoms with Gasteiger partial charge >= 0.3 is 5.97 Å². The summed E-state index contributed by atoms with van der Waals surface area (Å²) in [7, 11) is 0. The Bertz CT molecular complexity index is 172. The highest BCUT2D eigenvalue weighted by Crippen LogP contribution is 2.31. The lowest BCUT2D eigenvalue weighted by atomic mass is 9.98. The smallest absolute Gasteiger partial charge is 0.323 e. The number of carbonyl (C=O) groups is 1. The third-order valence-electron chi connectivity index (χ3n) is 2.41. The number of carboxylic acids is 1. The average molecular weight is 158 g/mol. The van der Waals surface area contributed by atoms with Crippen LogP contribution in [0.3, 0.4) is 0 Å². The van der Waals surface area contributed by atoms with Crippen LogP contribution in [0.1, 0.15) is 19.3 Å². The molecule has 2 unspecified atom stereocenters. The molecule has 0 spiro atoms. The summed E-state index contributed by atoms with van der Waals surface area (Å²) in [6.07, 6.45) is 1.93. The summed E-state index contributed by atoms with van der Waals surface area (Å²) in [5, 5.41) is 8.72. The first kappa shape index (κ1) is 8.49. The SMILES string of the molecule is NCC1CCC(N)(C(=O)O)C1. The van der Waals surface area contributed by atoms with Crippen molar-refractivity contribution < 1.29 is 9.90 Å². The minimum Gasteiger partial charge on any atom is -0.480 e. The van der Waals surface area contributed by atoms with Crippen molar-refractivity contribution >= 4 is 5.97 Å². The van der Waals surface area contributed by atoms with E-state index in [1.807, 2.05) is 0 Å². The predicted molar refractivity (Wildman–Crippen MR) is 40.9 cm³/mol. The van der Waals surface area contributed by atoms with E-state index < -0.39 is 11.5 Å². The van der Waals surface area contributed by atoms with Gasteiger partial charge in [0, 0.05) is 0 Å². The number of nitrogens with two attached hydrogens (primary N) is 2. The third-order valence-corrected chi connectivity index (χ3v) is 2.41. The van der Waals surface area contributed by atoms with Gasteiger partial charge in [-0.1, -0.05) is 0 Å². The Hall–Kier alpha value is -0.610. The topological polar surface area (TPSA) is 89.3 Å². The molecule has 5 N–H and O–H groups in total. The Morgan fingerprint density at radius 1 is 1.73 bits per heavy atom. The van der Waals surface area contributed by atoms with Crippen LogP contribution in [0.15, 0.2) is 0 Å². The van der Waals surface area contributed by atoms with Crippen LogP contribution >= 0.6 is 0 Å². The third kappa shape index (κ3) is 1.52. The predicted octanol–water partition coefficient (Wildman–Crippen LogP) is -0.473. The quantitative estimate of drug-likeness (QED) is 0.506. The Morgan fingerprint density at radius 3 is 2.64 bits per heavy atom. The first-order valence-corrected chi connectivity index (χ1v) is 3.81. The van der Waals surface area contributed by atoms with Gasteiger partial charge in [-0.05, 0) is 31.7 Å². The maximum atomic E-state index is 10.6. The van der Waals surface area contributed by atoms with Crippen LogP contribution in [-0.4, -0.2) is 23.2 Å². The lowest BCUT2D eigenvalue weighted by Gasteiger charge is -2.17. The van der Waals surface area contributed by atoms with Gasteiger partial charge in [-0.15, -0.1) is 0 Å². The molecule has 64 valence electrons. The molecule has 11 heavy (non-hydrogen) atoms. The minimum atomic E-state index is -0.996. The molecule has 1 fully saturated rings. The molecule has 0 amide bonds. The van der Waals surface area contributed by atoms with Crippen molar-refractivity contribution in [3.63, 3.8) is 0 Å². The van der Waals surface area contributed by atoms with E-state index >= 15 is 0 Å². The van der Waals surface area contributed by atoms with Gasteiger partial charge in [-0.25, -0.2) is 0 Å². The number of aliphatic carboxylic acids is 1. The van der Waals surface area contributed by atoms with Gasteiger partial charge in [-0.3, -0.25) is 4.79 Å². The number of hydrogen-bond acceptors (Lipinski definition) is 3. The minimum absolute atomic E-state index is 0.302. The van der Waals surface area contributed by atoms with Crippen LogP contribution in [0.25, 0.3) is 0 Å². The largest absolute Gasteiger partial charge is 0.480 e. The molecule has 1 saturated carbocycles. The van der Waals surface area contributed by atoms with Crippen LogP contribution in [-0.2, 0) is 4.79 Å². The van der Waals surface area contributed by atoms with Gasteiger partial charge in [-0.2, -0.15) is 0 Å². The maximum Gasteiger partial charge on any atom is 0.323 e. The van der Waals surface area contributed by atoms with E-state index in [1.54, 1.807) is 0 Å². The number of hydrogen-bond donors (Lipinski definition) is 3. The molecule has 1 aliphatic carbocycles. The molecule has 0 aromatic carbocycles. The fraction of sp³-hybridized carbons (Fsp3) is 0.857. The van der Waals surface area contributed by atoms with Gasteiger partial charge < -0.3 is 16.6 Å². The van der Waals surface area contributed by atoms with Crippen LogP contribution in [0.2, 0.25) is 0 Å². The second-order valence-electron chi connectivity index (χ2n) is 3.31. The highest BCUT2D eigenvalue weighted by molar-refractivity contribution is 5.78. The van der Waals surface area contributed by atoms with Crippen molar-refractivity contribution in [2.45, 2.75) is 24.8 Å². The number of rotatable bonds is 2. The van der Waals surface area contributed by atoms with E-state index in [4.69, 9.17) is 16.6 Å². The fourth-order valence-electron chi connectivity index (χ4n) is 1.58. The van der Waals surface area contributed by atoms with E-state index in [0.717, 1.165) is 6.42 Å². The Labute approximate surface area is 65.6 Å². The summed E-state index contributed by atoms with van der Waals surface area (Å²) >= 11 is 0. The van der Waals surface area contributed by atoms with Gasteiger partial charge in [0.05, 0.1) is 0 Å². The molecular weight excluding hydrogens is 144 g/mol. The van der Waals surface area contributed by atoms with Crippen molar-refractivity contribution in [2.75, 3.05) is 6.54 Å². The highest BCUT2D eigenvalue weighted by atomic mass is 16.4. The zero-order chi connectivity index (χ0) is 8.48. The molecule has 4 nitrogen and oxygen atoms in total.